The van der Waals surface area contributed by atoms with E-state index in [1.807, 2.05) is 0 Å². The number of methoxy groups -OCH3 is 1. The Kier molecular flexibility index (Phi) is 7.72. The van der Waals surface area contributed by atoms with Crippen LogP contribution < -0.4 is 5.73 Å². The fourth-order valence-corrected chi connectivity index (χ4v) is 2.16. The number of ether oxygens (including phenoxy) is 1. The fourth-order valence-electron chi connectivity index (χ4n) is 2.16. The van der Waals surface area contributed by atoms with E-state index in [2.05, 4.69) is 49.1 Å². The van der Waals surface area contributed by atoms with Crippen LogP contribution in [-0.2, 0) is 11.3 Å². The smallest absolute Gasteiger partial charge is 0.0462 e. The second kappa shape index (κ2) is 9.08. The molecule has 0 aliphatic heterocycles. The number of nitrogens with zero attached hydrogens (tertiary/aromatic N) is 1. The van der Waals surface area contributed by atoms with Crippen LogP contribution in [0.4, 0.5) is 0 Å². The summed E-state index contributed by atoms with van der Waals surface area (Å²) in [5.74, 6) is 0. The van der Waals surface area contributed by atoms with E-state index in [1.54, 1.807) is 7.11 Å². The molecule has 1 rings (SSSR count). The van der Waals surface area contributed by atoms with Gasteiger partial charge >= 0.3 is 0 Å². The standard InChI is InChI=1S/C16H28N2O/c1-14(2)18(12-15-8-5-4-6-9-15)13-16(17)10-7-11-19-3/h4-6,8-9,14,16H,7,10-13,17H2,1-3H3. The molecule has 0 aliphatic carbocycles. The summed E-state index contributed by atoms with van der Waals surface area (Å²) in [6.07, 6.45) is 2.06. The minimum absolute atomic E-state index is 0.223. The lowest BCUT2D eigenvalue weighted by atomic mass is 10.1. The molecule has 0 radical (unpaired) electrons. The lowest BCUT2D eigenvalue weighted by Gasteiger charge is -2.29. The van der Waals surface area contributed by atoms with Gasteiger partial charge in [0.15, 0.2) is 0 Å². The van der Waals surface area contributed by atoms with E-state index in [4.69, 9.17) is 10.5 Å². The number of rotatable bonds is 9. The molecule has 108 valence electrons. The zero-order chi connectivity index (χ0) is 14.1. The molecule has 1 atom stereocenters. The molecule has 3 heteroatoms. The molecule has 0 heterocycles. The highest BCUT2D eigenvalue weighted by molar-refractivity contribution is 5.14. The molecule has 0 saturated heterocycles. The molecule has 2 N–H and O–H groups in total. The Morgan fingerprint density at radius 1 is 1.21 bits per heavy atom. The van der Waals surface area contributed by atoms with E-state index in [1.165, 1.54) is 5.56 Å². The second-order valence-electron chi connectivity index (χ2n) is 5.40. The number of hydrogen-bond donors (Lipinski definition) is 1. The monoisotopic (exact) mass is 264 g/mol. The predicted octanol–water partition coefficient (Wildman–Crippen LogP) is 2.65. The van der Waals surface area contributed by atoms with Crippen LogP contribution in [-0.4, -0.2) is 37.2 Å². The molecule has 0 spiro atoms. The topological polar surface area (TPSA) is 38.5 Å². The third kappa shape index (κ3) is 6.71. The molecule has 0 aliphatic rings. The summed E-state index contributed by atoms with van der Waals surface area (Å²) in [5.41, 5.74) is 7.56. The Labute approximate surface area is 117 Å². The zero-order valence-corrected chi connectivity index (χ0v) is 12.5. The largest absolute Gasteiger partial charge is 0.385 e. The third-order valence-electron chi connectivity index (χ3n) is 3.35. The lowest BCUT2D eigenvalue weighted by Crippen LogP contribution is -2.41. The summed E-state index contributed by atoms with van der Waals surface area (Å²) in [6, 6.07) is 11.3. The summed E-state index contributed by atoms with van der Waals surface area (Å²) < 4.78 is 5.07. The fraction of sp³-hybridized carbons (Fsp3) is 0.625. The first-order valence-electron chi connectivity index (χ1n) is 7.16. The first-order valence-corrected chi connectivity index (χ1v) is 7.16. The van der Waals surface area contributed by atoms with Crippen LogP contribution in [0.15, 0.2) is 30.3 Å². The minimum atomic E-state index is 0.223. The van der Waals surface area contributed by atoms with Crippen LogP contribution >= 0.6 is 0 Å². The summed E-state index contributed by atoms with van der Waals surface area (Å²) >= 11 is 0. The van der Waals surface area contributed by atoms with Crippen LogP contribution in [0.1, 0.15) is 32.3 Å². The molecule has 1 aromatic carbocycles. The van der Waals surface area contributed by atoms with Gasteiger partial charge in [0.25, 0.3) is 0 Å². The van der Waals surface area contributed by atoms with Gasteiger partial charge < -0.3 is 10.5 Å². The highest BCUT2D eigenvalue weighted by Crippen LogP contribution is 2.09. The number of hydrogen-bond acceptors (Lipinski definition) is 3. The van der Waals surface area contributed by atoms with E-state index in [0.717, 1.165) is 32.5 Å². The molecule has 0 amide bonds. The maximum absolute atomic E-state index is 6.21. The first kappa shape index (κ1) is 16.2. The molecule has 1 aromatic rings. The van der Waals surface area contributed by atoms with Gasteiger partial charge in [0.1, 0.15) is 0 Å². The number of nitrogens with two attached hydrogens (primary N) is 1. The van der Waals surface area contributed by atoms with Gasteiger partial charge in [-0.2, -0.15) is 0 Å². The van der Waals surface area contributed by atoms with E-state index in [-0.39, 0.29) is 6.04 Å². The van der Waals surface area contributed by atoms with Crippen molar-refractivity contribution in [3.63, 3.8) is 0 Å². The predicted molar refractivity (Wildman–Crippen MR) is 81.1 cm³/mol. The van der Waals surface area contributed by atoms with E-state index < -0.39 is 0 Å². The van der Waals surface area contributed by atoms with Crippen LogP contribution in [0.25, 0.3) is 0 Å². The molecule has 3 nitrogen and oxygen atoms in total. The van der Waals surface area contributed by atoms with Gasteiger partial charge in [0.05, 0.1) is 0 Å². The highest BCUT2D eigenvalue weighted by atomic mass is 16.5. The van der Waals surface area contributed by atoms with E-state index >= 15 is 0 Å². The van der Waals surface area contributed by atoms with E-state index in [9.17, 15) is 0 Å². The van der Waals surface area contributed by atoms with Crippen molar-refractivity contribution in [3.05, 3.63) is 35.9 Å². The maximum Gasteiger partial charge on any atom is 0.0462 e. The van der Waals surface area contributed by atoms with Crippen molar-refractivity contribution in [1.29, 1.82) is 0 Å². The highest BCUT2D eigenvalue weighted by Gasteiger charge is 2.14. The van der Waals surface area contributed by atoms with Gasteiger partial charge in [-0.15, -0.1) is 0 Å². The molecule has 0 fully saturated rings. The van der Waals surface area contributed by atoms with Gasteiger partial charge in [-0.3, -0.25) is 4.90 Å². The van der Waals surface area contributed by atoms with Gasteiger partial charge in [0.2, 0.25) is 0 Å². The van der Waals surface area contributed by atoms with Crippen molar-refractivity contribution in [3.8, 4) is 0 Å². The second-order valence-corrected chi connectivity index (χ2v) is 5.40. The van der Waals surface area contributed by atoms with Gasteiger partial charge in [-0.1, -0.05) is 30.3 Å². The van der Waals surface area contributed by atoms with Crippen LogP contribution in [0.5, 0.6) is 0 Å². The Bertz CT molecular complexity index is 327. The maximum atomic E-state index is 6.21. The van der Waals surface area contributed by atoms with Crippen LogP contribution in [0.2, 0.25) is 0 Å². The van der Waals surface area contributed by atoms with Gasteiger partial charge in [-0.25, -0.2) is 0 Å². The Morgan fingerprint density at radius 3 is 2.47 bits per heavy atom. The quantitative estimate of drug-likeness (QED) is 0.697. The van der Waals surface area contributed by atoms with Gasteiger partial charge in [-0.05, 0) is 32.3 Å². The average molecular weight is 264 g/mol. The van der Waals surface area contributed by atoms with Crippen molar-refractivity contribution >= 4 is 0 Å². The number of benzene rings is 1. The van der Waals surface area contributed by atoms with Crippen LogP contribution in [0, 0.1) is 0 Å². The Balaban J connectivity index is 2.44. The molecule has 1 unspecified atom stereocenters. The van der Waals surface area contributed by atoms with Crippen LogP contribution in [0.3, 0.4) is 0 Å². The Morgan fingerprint density at radius 2 is 1.89 bits per heavy atom. The molecule has 0 bridgehead atoms. The summed E-state index contributed by atoms with van der Waals surface area (Å²) in [4.78, 5) is 2.44. The molecular weight excluding hydrogens is 236 g/mol. The molecule has 0 saturated carbocycles. The van der Waals surface area contributed by atoms with E-state index in [0.29, 0.717) is 6.04 Å². The van der Waals surface area contributed by atoms with Crippen molar-refractivity contribution < 1.29 is 4.74 Å². The zero-order valence-electron chi connectivity index (χ0n) is 12.5. The molecular formula is C16H28N2O. The Hall–Kier alpha value is -0.900. The normalized spacial score (nSPS) is 13.2. The molecule has 19 heavy (non-hydrogen) atoms. The lowest BCUT2D eigenvalue weighted by molar-refractivity contribution is 0.174. The van der Waals surface area contributed by atoms with Gasteiger partial charge in [0, 0.05) is 38.9 Å². The summed E-state index contributed by atoms with van der Waals surface area (Å²) in [7, 11) is 1.74. The average Bonchev–Trinajstić information content (AvgIpc) is 2.39. The van der Waals surface area contributed by atoms with Crippen molar-refractivity contribution in [1.82, 2.24) is 4.90 Å². The van der Waals surface area contributed by atoms with Crippen molar-refractivity contribution in [2.45, 2.75) is 45.3 Å². The SMILES string of the molecule is COCCCC(N)CN(Cc1ccccc1)C(C)C. The minimum Gasteiger partial charge on any atom is -0.385 e. The third-order valence-corrected chi connectivity index (χ3v) is 3.35. The summed E-state index contributed by atoms with van der Waals surface area (Å²) in [6.45, 7) is 7.16. The van der Waals surface area contributed by atoms with Crippen molar-refractivity contribution in [2.75, 3.05) is 20.3 Å². The first-order chi connectivity index (χ1) is 9.13. The van der Waals surface area contributed by atoms with Crippen molar-refractivity contribution in [2.24, 2.45) is 5.73 Å². The molecule has 0 aromatic heterocycles. The summed E-state index contributed by atoms with van der Waals surface area (Å²) in [5, 5.41) is 0.